The molecule has 0 atom stereocenters. The van der Waals surface area contributed by atoms with E-state index in [9.17, 15) is 4.79 Å². The molecule has 0 bridgehead atoms. The van der Waals surface area contributed by atoms with Crippen molar-refractivity contribution in [3.63, 3.8) is 0 Å². The van der Waals surface area contributed by atoms with Gasteiger partial charge in [-0.3, -0.25) is 10.1 Å². The molecule has 3 N–H and O–H groups in total. The van der Waals surface area contributed by atoms with Crippen molar-refractivity contribution in [2.75, 3.05) is 13.2 Å². The molecule has 0 aliphatic heterocycles. The van der Waals surface area contributed by atoms with Gasteiger partial charge in [0.2, 0.25) is 0 Å². The predicted molar refractivity (Wildman–Crippen MR) is 66.2 cm³/mol. The molecule has 0 unspecified atom stereocenters. The maximum atomic E-state index is 11.6. The molecular weight excluding hydrogens is 224 g/mol. The first-order valence-corrected chi connectivity index (χ1v) is 5.40. The Labute approximate surface area is 99.7 Å². The number of nitrogens with one attached hydrogen (secondary N) is 2. The number of rotatable bonds is 4. The van der Waals surface area contributed by atoms with E-state index in [-0.39, 0.29) is 17.6 Å². The monoisotopic (exact) mass is 238 g/mol. The Morgan fingerprint density at radius 1 is 1.31 bits per heavy atom. The van der Waals surface area contributed by atoms with Crippen molar-refractivity contribution in [3.8, 4) is 0 Å². The number of hydrogen-bond acceptors (Lipinski definition) is 3. The molecule has 5 heteroatoms. The second-order valence-corrected chi connectivity index (χ2v) is 3.56. The molecule has 1 aromatic carbocycles. The molecule has 1 rings (SSSR count). The van der Waals surface area contributed by atoms with Crippen molar-refractivity contribution in [2.45, 2.75) is 6.42 Å². The van der Waals surface area contributed by atoms with Crippen LogP contribution in [0.1, 0.15) is 16.8 Å². The van der Waals surface area contributed by atoms with Gasteiger partial charge in [0.05, 0.1) is 0 Å². The molecule has 4 nitrogen and oxygen atoms in total. The fraction of sp³-hybridized carbons (Fsp3) is 0.273. The lowest BCUT2D eigenvalue weighted by Crippen LogP contribution is -2.39. The van der Waals surface area contributed by atoms with Crippen LogP contribution < -0.4 is 10.6 Å². The lowest BCUT2D eigenvalue weighted by molar-refractivity contribution is 0.0976. The molecule has 0 aromatic heterocycles. The number of amides is 1. The summed E-state index contributed by atoms with van der Waals surface area (Å²) < 4.78 is 0. The number of carbonyl (C=O) groups is 1. The zero-order valence-corrected chi connectivity index (χ0v) is 9.59. The first-order chi connectivity index (χ1) is 7.74. The predicted octanol–water partition coefficient (Wildman–Crippen LogP) is 0.673. The minimum absolute atomic E-state index is 0.0994. The number of aliphatic hydroxyl groups excluding tert-OH is 1. The van der Waals surface area contributed by atoms with Crippen molar-refractivity contribution < 1.29 is 9.90 Å². The van der Waals surface area contributed by atoms with E-state index in [1.165, 1.54) is 0 Å². The van der Waals surface area contributed by atoms with Gasteiger partial charge in [-0.15, -0.1) is 0 Å². The number of benzene rings is 1. The van der Waals surface area contributed by atoms with Crippen molar-refractivity contribution in [2.24, 2.45) is 0 Å². The van der Waals surface area contributed by atoms with Crippen LogP contribution in [0.15, 0.2) is 30.3 Å². The third kappa shape index (κ3) is 4.37. The second-order valence-electron chi connectivity index (χ2n) is 3.15. The summed E-state index contributed by atoms with van der Waals surface area (Å²) in [4.78, 5) is 11.6. The minimum Gasteiger partial charge on any atom is -0.396 e. The van der Waals surface area contributed by atoms with Crippen molar-refractivity contribution in [1.82, 2.24) is 10.6 Å². The van der Waals surface area contributed by atoms with Gasteiger partial charge in [-0.2, -0.15) is 0 Å². The molecular formula is C11H14N2O2S. The third-order valence-corrected chi connectivity index (χ3v) is 2.13. The summed E-state index contributed by atoms with van der Waals surface area (Å²) in [5.74, 6) is -0.234. The Morgan fingerprint density at radius 2 is 2.00 bits per heavy atom. The molecule has 0 aliphatic carbocycles. The average Bonchev–Trinajstić information content (AvgIpc) is 2.30. The van der Waals surface area contributed by atoms with Crippen molar-refractivity contribution in [3.05, 3.63) is 35.9 Å². The third-order valence-electron chi connectivity index (χ3n) is 1.88. The van der Waals surface area contributed by atoms with E-state index in [4.69, 9.17) is 17.3 Å². The summed E-state index contributed by atoms with van der Waals surface area (Å²) >= 11 is 4.92. The van der Waals surface area contributed by atoms with E-state index >= 15 is 0 Å². The Bertz CT molecular complexity index is 354. The van der Waals surface area contributed by atoms with Gasteiger partial charge >= 0.3 is 0 Å². The number of aliphatic hydroxyl groups is 1. The molecule has 0 aliphatic rings. The highest BCUT2D eigenvalue weighted by molar-refractivity contribution is 7.80. The molecule has 0 saturated carbocycles. The van der Waals surface area contributed by atoms with Gasteiger partial charge in [-0.05, 0) is 30.8 Å². The van der Waals surface area contributed by atoms with Gasteiger partial charge in [-0.1, -0.05) is 18.2 Å². The average molecular weight is 238 g/mol. The van der Waals surface area contributed by atoms with Gasteiger partial charge < -0.3 is 10.4 Å². The molecule has 0 saturated heterocycles. The first-order valence-electron chi connectivity index (χ1n) is 4.99. The van der Waals surface area contributed by atoms with Crippen LogP contribution in [0.2, 0.25) is 0 Å². The molecule has 0 spiro atoms. The fourth-order valence-corrected chi connectivity index (χ4v) is 1.28. The number of hydrogen-bond donors (Lipinski definition) is 3. The normalized spacial score (nSPS) is 9.56. The smallest absolute Gasteiger partial charge is 0.257 e. The van der Waals surface area contributed by atoms with Crippen molar-refractivity contribution >= 4 is 23.2 Å². The minimum atomic E-state index is -0.234. The summed E-state index contributed by atoms with van der Waals surface area (Å²) in [5, 5.41) is 14.2. The van der Waals surface area contributed by atoms with Crippen LogP contribution in [-0.4, -0.2) is 29.3 Å². The van der Waals surface area contributed by atoms with Gasteiger partial charge in [-0.25, -0.2) is 0 Å². The quantitative estimate of drug-likeness (QED) is 0.533. The zero-order chi connectivity index (χ0) is 11.8. The van der Waals surface area contributed by atoms with E-state index in [2.05, 4.69) is 10.6 Å². The summed E-state index contributed by atoms with van der Waals surface area (Å²) in [6, 6.07) is 8.85. The Balaban J connectivity index is 2.37. The molecule has 0 heterocycles. The Morgan fingerprint density at radius 3 is 2.62 bits per heavy atom. The summed E-state index contributed by atoms with van der Waals surface area (Å²) in [6.45, 7) is 0.645. The maximum absolute atomic E-state index is 11.6. The lowest BCUT2D eigenvalue weighted by Gasteiger charge is -2.08. The first kappa shape index (κ1) is 12.6. The molecule has 1 aromatic rings. The Kier molecular flexibility index (Phi) is 5.45. The van der Waals surface area contributed by atoms with Gasteiger partial charge in [0.15, 0.2) is 5.11 Å². The van der Waals surface area contributed by atoms with E-state index in [1.54, 1.807) is 24.3 Å². The van der Waals surface area contributed by atoms with Crippen LogP contribution in [0.3, 0.4) is 0 Å². The second kappa shape index (κ2) is 6.92. The summed E-state index contributed by atoms with van der Waals surface area (Å²) in [5.41, 5.74) is 0.564. The zero-order valence-electron chi connectivity index (χ0n) is 8.77. The molecule has 16 heavy (non-hydrogen) atoms. The highest BCUT2D eigenvalue weighted by Gasteiger charge is 2.05. The summed E-state index contributed by atoms with van der Waals surface area (Å²) in [7, 11) is 0. The lowest BCUT2D eigenvalue weighted by atomic mass is 10.2. The number of thiocarbonyl (C=S) groups is 1. The van der Waals surface area contributed by atoms with Crippen LogP contribution >= 0.6 is 12.2 Å². The van der Waals surface area contributed by atoms with E-state index in [1.807, 2.05) is 6.07 Å². The van der Waals surface area contributed by atoms with Crippen molar-refractivity contribution in [1.29, 1.82) is 0 Å². The molecule has 0 radical (unpaired) electrons. The largest absolute Gasteiger partial charge is 0.396 e. The SMILES string of the molecule is O=C(NC(=S)NCCCO)c1ccccc1. The molecule has 1 amide bonds. The molecule has 86 valence electrons. The standard InChI is InChI=1S/C11H14N2O2S/c14-8-4-7-12-11(16)13-10(15)9-5-2-1-3-6-9/h1-3,5-6,14H,4,7-8H2,(H2,12,13,15,16). The highest BCUT2D eigenvalue weighted by atomic mass is 32.1. The topological polar surface area (TPSA) is 61.4 Å². The van der Waals surface area contributed by atoms with Crippen LogP contribution in [0.4, 0.5) is 0 Å². The fourth-order valence-electron chi connectivity index (χ4n) is 1.09. The van der Waals surface area contributed by atoms with Gasteiger partial charge in [0, 0.05) is 18.7 Å². The van der Waals surface area contributed by atoms with E-state index < -0.39 is 0 Å². The molecule has 0 fully saturated rings. The van der Waals surface area contributed by atoms with Crippen LogP contribution in [0.25, 0.3) is 0 Å². The van der Waals surface area contributed by atoms with Crippen LogP contribution in [-0.2, 0) is 0 Å². The summed E-state index contributed by atoms with van der Waals surface area (Å²) in [6.07, 6.45) is 0.599. The highest BCUT2D eigenvalue weighted by Crippen LogP contribution is 1.97. The van der Waals surface area contributed by atoms with E-state index in [0.717, 1.165) is 0 Å². The van der Waals surface area contributed by atoms with Gasteiger partial charge in [0.25, 0.3) is 5.91 Å². The van der Waals surface area contributed by atoms with Crippen LogP contribution in [0.5, 0.6) is 0 Å². The Hall–Kier alpha value is -1.46. The maximum Gasteiger partial charge on any atom is 0.257 e. The number of carbonyl (C=O) groups excluding carboxylic acids is 1. The van der Waals surface area contributed by atoms with Crippen LogP contribution in [0, 0.1) is 0 Å². The van der Waals surface area contributed by atoms with Gasteiger partial charge in [0.1, 0.15) is 0 Å². The van der Waals surface area contributed by atoms with E-state index in [0.29, 0.717) is 18.5 Å².